The quantitative estimate of drug-likeness (QED) is 0.461. The predicted octanol–water partition coefficient (Wildman–Crippen LogP) is 4.87. The summed E-state index contributed by atoms with van der Waals surface area (Å²) in [5, 5.41) is 4.03. The third kappa shape index (κ3) is 5.36. The van der Waals surface area contributed by atoms with Gasteiger partial charge in [0.1, 0.15) is 0 Å². The summed E-state index contributed by atoms with van der Waals surface area (Å²) in [7, 11) is -0.703. The van der Waals surface area contributed by atoms with Crippen molar-refractivity contribution in [3.63, 3.8) is 0 Å². The van der Waals surface area contributed by atoms with Crippen molar-refractivity contribution in [2.45, 2.75) is 57.5 Å². The van der Waals surface area contributed by atoms with Crippen LogP contribution >= 0.6 is 0 Å². The molecular weight excluding hydrogens is 442 g/mol. The summed E-state index contributed by atoms with van der Waals surface area (Å²) in [6.45, 7) is 9.57. The Hall–Kier alpha value is -2.91. The highest BCUT2D eigenvalue weighted by atomic mass is 32.2. The molecule has 0 N–H and O–H groups in total. The largest absolute Gasteiger partial charge is 0.493 e. The van der Waals surface area contributed by atoms with E-state index in [4.69, 9.17) is 14.0 Å². The minimum atomic E-state index is -3.81. The van der Waals surface area contributed by atoms with Crippen LogP contribution in [-0.4, -0.2) is 42.6 Å². The van der Waals surface area contributed by atoms with Crippen molar-refractivity contribution in [1.82, 2.24) is 14.4 Å². The van der Waals surface area contributed by atoms with Crippen molar-refractivity contribution in [3.8, 4) is 22.9 Å². The van der Waals surface area contributed by atoms with Gasteiger partial charge in [0.25, 0.3) is 0 Å². The van der Waals surface area contributed by atoms with Crippen LogP contribution in [0.25, 0.3) is 11.4 Å². The fourth-order valence-electron chi connectivity index (χ4n) is 3.37. The number of rotatable bonds is 8. The third-order valence-electron chi connectivity index (χ3n) is 5.27. The van der Waals surface area contributed by atoms with Crippen LogP contribution in [0.5, 0.6) is 11.5 Å². The van der Waals surface area contributed by atoms with Gasteiger partial charge in [0.15, 0.2) is 11.5 Å². The SMILES string of the molecule is COc1ccc(-c2noc(CN(C(C)(C)C)S(=O)(=O)c3ccc(C(C)C)cc3)n2)cc1OC. The lowest BCUT2D eigenvalue weighted by molar-refractivity contribution is 0.214. The zero-order chi connectivity index (χ0) is 24.4. The lowest BCUT2D eigenvalue weighted by atomic mass is 10.0. The minimum absolute atomic E-state index is 0.0575. The summed E-state index contributed by atoms with van der Waals surface area (Å²) in [6, 6.07) is 12.3. The average molecular weight is 474 g/mol. The fraction of sp³-hybridized carbons (Fsp3) is 0.417. The third-order valence-corrected chi connectivity index (χ3v) is 7.40. The molecule has 0 aliphatic rings. The zero-order valence-electron chi connectivity index (χ0n) is 20.1. The Bertz CT molecular complexity index is 1200. The molecule has 33 heavy (non-hydrogen) atoms. The van der Waals surface area contributed by atoms with Crippen molar-refractivity contribution < 1.29 is 22.4 Å². The molecule has 3 rings (SSSR count). The van der Waals surface area contributed by atoms with E-state index in [1.165, 1.54) is 4.31 Å². The van der Waals surface area contributed by atoms with E-state index < -0.39 is 15.6 Å². The van der Waals surface area contributed by atoms with Gasteiger partial charge in [-0.25, -0.2) is 8.42 Å². The molecule has 178 valence electrons. The van der Waals surface area contributed by atoms with Crippen LogP contribution in [0.15, 0.2) is 51.9 Å². The minimum Gasteiger partial charge on any atom is -0.493 e. The number of hydrogen-bond acceptors (Lipinski definition) is 7. The molecule has 0 fully saturated rings. The summed E-state index contributed by atoms with van der Waals surface area (Å²) in [4.78, 5) is 4.65. The van der Waals surface area contributed by atoms with Crippen molar-refractivity contribution in [3.05, 3.63) is 53.9 Å². The second-order valence-electron chi connectivity index (χ2n) is 8.99. The Morgan fingerprint density at radius 3 is 2.18 bits per heavy atom. The van der Waals surface area contributed by atoms with Crippen LogP contribution in [0.2, 0.25) is 0 Å². The van der Waals surface area contributed by atoms with Gasteiger partial charge in [0.2, 0.25) is 21.7 Å². The lowest BCUT2D eigenvalue weighted by Gasteiger charge is -2.33. The maximum Gasteiger partial charge on any atom is 0.244 e. The number of benzene rings is 2. The number of aromatic nitrogens is 2. The maximum atomic E-state index is 13.5. The maximum absolute atomic E-state index is 13.5. The van der Waals surface area contributed by atoms with E-state index in [1.54, 1.807) is 44.6 Å². The highest BCUT2D eigenvalue weighted by Crippen LogP contribution is 2.32. The number of nitrogens with zero attached hydrogens (tertiary/aromatic N) is 3. The van der Waals surface area contributed by atoms with E-state index in [-0.39, 0.29) is 17.3 Å². The average Bonchev–Trinajstić information content (AvgIpc) is 3.25. The lowest BCUT2D eigenvalue weighted by Crippen LogP contribution is -2.45. The van der Waals surface area contributed by atoms with Crippen LogP contribution in [-0.2, 0) is 16.6 Å². The number of hydrogen-bond donors (Lipinski definition) is 0. The molecule has 0 radical (unpaired) electrons. The molecule has 3 aromatic rings. The van der Waals surface area contributed by atoms with Gasteiger partial charge < -0.3 is 14.0 Å². The van der Waals surface area contributed by atoms with Gasteiger partial charge in [-0.1, -0.05) is 31.1 Å². The van der Waals surface area contributed by atoms with Gasteiger partial charge in [-0.3, -0.25) is 0 Å². The fourth-order valence-corrected chi connectivity index (χ4v) is 5.11. The molecule has 2 aromatic carbocycles. The van der Waals surface area contributed by atoms with Gasteiger partial charge in [-0.05, 0) is 62.6 Å². The smallest absolute Gasteiger partial charge is 0.244 e. The molecule has 1 aromatic heterocycles. The summed E-state index contributed by atoms with van der Waals surface area (Å²) < 4.78 is 44.4. The Balaban J connectivity index is 1.91. The predicted molar refractivity (Wildman–Crippen MR) is 126 cm³/mol. The van der Waals surface area contributed by atoms with E-state index >= 15 is 0 Å². The van der Waals surface area contributed by atoms with Crippen molar-refractivity contribution in [2.24, 2.45) is 0 Å². The molecule has 0 aliphatic heterocycles. The second kappa shape index (κ2) is 9.52. The van der Waals surface area contributed by atoms with Crippen LogP contribution in [0, 0.1) is 0 Å². The van der Waals surface area contributed by atoms with Gasteiger partial charge in [-0.2, -0.15) is 9.29 Å². The first-order chi connectivity index (χ1) is 15.5. The number of methoxy groups -OCH3 is 2. The first kappa shape index (κ1) is 24.7. The van der Waals surface area contributed by atoms with Crippen LogP contribution in [0.1, 0.15) is 52.0 Å². The normalized spacial score (nSPS) is 12.4. The summed E-state index contributed by atoms with van der Waals surface area (Å²) in [5.41, 5.74) is 1.03. The van der Waals surface area contributed by atoms with Crippen molar-refractivity contribution >= 4 is 10.0 Å². The molecule has 0 unspecified atom stereocenters. The molecule has 0 saturated heterocycles. The molecule has 0 saturated carbocycles. The van der Waals surface area contributed by atoms with Gasteiger partial charge in [0.05, 0.1) is 25.7 Å². The molecule has 0 spiro atoms. The Kier molecular flexibility index (Phi) is 7.14. The first-order valence-electron chi connectivity index (χ1n) is 10.6. The van der Waals surface area contributed by atoms with E-state index in [2.05, 4.69) is 24.0 Å². The molecular formula is C24H31N3O5S. The van der Waals surface area contributed by atoms with E-state index in [0.29, 0.717) is 28.8 Å². The standard InChI is InChI=1S/C24H31N3O5S/c1-16(2)17-8-11-19(12-9-17)33(28,29)27(24(3,4)5)15-22-25-23(26-32-22)18-10-13-20(30-6)21(14-18)31-7/h8-14,16H,15H2,1-7H3. The molecule has 0 atom stereocenters. The van der Waals surface area contributed by atoms with Crippen LogP contribution < -0.4 is 9.47 Å². The van der Waals surface area contributed by atoms with E-state index in [9.17, 15) is 8.42 Å². The summed E-state index contributed by atoms with van der Waals surface area (Å²) in [5.74, 6) is 1.95. The van der Waals surface area contributed by atoms with Crippen LogP contribution in [0.4, 0.5) is 0 Å². The molecule has 1 heterocycles. The monoisotopic (exact) mass is 473 g/mol. The highest BCUT2D eigenvalue weighted by molar-refractivity contribution is 7.89. The number of ether oxygens (including phenoxy) is 2. The zero-order valence-corrected chi connectivity index (χ0v) is 20.9. The first-order valence-corrected chi connectivity index (χ1v) is 12.1. The second-order valence-corrected chi connectivity index (χ2v) is 10.9. The molecule has 9 heteroatoms. The van der Waals surface area contributed by atoms with Gasteiger partial charge >= 0.3 is 0 Å². The topological polar surface area (TPSA) is 94.8 Å². The van der Waals surface area contributed by atoms with Gasteiger partial charge in [0, 0.05) is 11.1 Å². The van der Waals surface area contributed by atoms with Crippen molar-refractivity contribution in [1.29, 1.82) is 0 Å². The Labute approximate surface area is 195 Å². The molecule has 0 amide bonds. The van der Waals surface area contributed by atoms with Gasteiger partial charge in [-0.15, -0.1) is 0 Å². The Morgan fingerprint density at radius 1 is 1.00 bits per heavy atom. The van der Waals surface area contributed by atoms with Crippen LogP contribution in [0.3, 0.4) is 0 Å². The molecule has 8 nitrogen and oxygen atoms in total. The Morgan fingerprint density at radius 2 is 1.64 bits per heavy atom. The summed E-state index contributed by atoms with van der Waals surface area (Å²) in [6.07, 6.45) is 0. The van der Waals surface area contributed by atoms with E-state index in [1.807, 2.05) is 32.9 Å². The summed E-state index contributed by atoms with van der Waals surface area (Å²) >= 11 is 0. The molecule has 0 bridgehead atoms. The highest BCUT2D eigenvalue weighted by Gasteiger charge is 2.35. The molecule has 0 aliphatic carbocycles. The van der Waals surface area contributed by atoms with Crippen molar-refractivity contribution in [2.75, 3.05) is 14.2 Å². The van der Waals surface area contributed by atoms with E-state index in [0.717, 1.165) is 5.56 Å². The number of sulfonamides is 1.